The van der Waals surface area contributed by atoms with E-state index in [1.807, 2.05) is 24.3 Å². The summed E-state index contributed by atoms with van der Waals surface area (Å²) in [7, 11) is 1.73. The molecule has 1 N–H and O–H groups in total. The lowest BCUT2D eigenvalue weighted by Gasteiger charge is -2.14. The van der Waals surface area contributed by atoms with Gasteiger partial charge in [-0.05, 0) is 43.3 Å². The molecular formula is C18H17BrN4O3. The van der Waals surface area contributed by atoms with Gasteiger partial charge in [0.05, 0.1) is 6.20 Å². The molecule has 1 amide bonds. The van der Waals surface area contributed by atoms with Crippen LogP contribution in [0.15, 0.2) is 59.5 Å². The van der Waals surface area contributed by atoms with Gasteiger partial charge in [-0.1, -0.05) is 15.9 Å². The summed E-state index contributed by atoms with van der Waals surface area (Å²) in [6, 6.07) is 10.8. The van der Waals surface area contributed by atoms with Gasteiger partial charge in [-0.15, -0.1) is 0 Å². The molecule has 3 rings (SSSR count). The topological polar surface area (TPSA) is 78.2 Å². The van der Waals surface area contributed by atoms with Crippen molar-refractivity contribution in [2.75, 3.05) is 5.32 Å². The number of carbonyl (C=O) groups is 2. The lowest BCUT2D eigenvalue weighted by molar-refractivity contribution is -0.123. The van der Waals surface area contributed by atoms with Gasteiger partial charge in [-0.2, -0.15) is 5.10 Å². The Kier molecular flexibility index (Phi) is 5.22. The van der Waals surface area contributed by atoms with E-state index in [2.05, 4.69) is 26.3 Å². The number of ether oxygens (including phenoxy) is 1. The van der Waals surface area contributed by atoms with Crippen LogP contribution in [0.5, 0.6) is 0 Å². The average molecular weight is 417 g/mol. The minimum atomic E-state index is -0.955. The normalized spacial score (nSPS) is 11.8. The molecule has 7 nitrogen and oxygen atoms in total. The third kappa shape index (κ3) is 3.85. The van der Waals surface area contributed by atoms with Crippen LogP contribution in [0.3, 0.4) is 0 Å². The van der Waals surface area contributed by atoms with E-state index < -0.39 is 18.0 Å². The van der Waals surface area contributed by atoms with Crippen molar-refractivity contribution in [3.05, 3.63) is 65.0 Å². The maximum absolute atomic E-state index is 12.5. The van der Waals surface area contributed by atoms with Crippen molar-refractivity contribution in [3.8, 4) is 5.82 Å². The Morgan fingerprint density at radius 2 is 1.85 bits per heavy atom. The fourth-order valence-corrected chi connectivity index (χ4v) is 2.68. The summed E-state index contributed by atoms with van der Waals surface area (Å²) in [5, 5.41) is 6.82. The molecule has 1 atom stereocenters. The van der Waals surface area contributed by atoms with E-state index in [4.69, 9.17) is 4.74 Å². The lowest BCUT2D eigenvalue weighted by Crippen LogP contribution is -2.30. The molecule has 0 bridgehead atoms. The quantitative estimate of drug-likeness (QED) is 0.647. The monoisotopic (exact) mass is 416 g/mol. The molecule has 0 aliphatic carbocycles. The summed E-state index contributed by atoms with van der Waals surface area (Å²) in [5.41, 5.74) is 0.905. The zero-order valence-corrected chi connectivity index (χ0v) is 15.8. The third-order valence-electron chi connectivity index (χ3n) is 3.74. The van der Waals surface area contributed by atoms with Gasteiger partial charge < -0.3 is 14.6 Å². The van der Waals surface area contributed by atoms with Gasteiger partial charge in [0.1, 0.15) is 11.4 Å². The van der Waals surface area contributed by atoms with Crippen molar-refractivity contribution in [1.29, 1.82) is 0 Å². The van der Waals surface area contributed by atoms with Crippen LogP contribution in [0.2, 0.25) is 0 Å². The molecular weight excluding hydrogens is 400 g/mol. The van der Waals surface area contributed by atoms with E-state index in [1.165, 1.54) is 13.1 Å². The number of nitrogens with one attached hydrogen (secondary N) is 1. The molecule has 0 radical (unpaired) electrons. The van der Waals surface area contributed by atoms with E-state index in [-0.39, 0.29) is 5.56 Å². The van der Waals surface area contributed by atoms with E-state index >= 15 is 0 Å². The van der Waals surface area contributed by atoms with Gasteiger partial charge in [-0.25, -0.2) is 4.79 Å². The number of anilines is 1. The molecule has 0 spiro atoms. The number of benzene rings is 1. The van der Waals surface area contributed by atoms with Crippen LogP contribution in [0.4, 0.5) is 5.69 Å². The van der Waals surface area contributed by atoms with Gasteiger partial charge in [0.15, 0.2) is 6.10 Å². The first-order chi connectivity index (χ1) is 12.5. The fraction of sp³-hybridized carbons (Fsp3) is 0.167. The first kappa shape index (κ1) is 17.9. The summed E-state index contributed by atoms with van der Waals surface area (Å²) in [5.74, 6) is -0.451. The van der Waals surface area contributed by atoms with Crippen molar-refractivity contribution < 1.29 is 14.3 Å². The van der Waals surface area contributed by atoms with Crippen LogP contribution < -0.4 is 5.32 Å². The molecule has 8 heteroatoms. The zero-order valence-electron chi connectivity index (χ0n) is 14.2. The number of carbonyl (C=O) groups excluding carboxylic acids is 2. The lowest BCUT2D eigenvalue weighted by atomic mass is 10.3. The van der Waals surface area contributed by atoms with Crippen LogP contribution in [0.25, 0.3) is 5.82 Å². The number of aryl methyl sites for hydroxylation is 1. The maximum Gasteiger partial charge on any atom is 0.344 e. The smallest absolute Gasteiger partial charge is 0.344 e. The van der Waals surface area contributed by atoms with Gasteiger partial charge in [-0.3, -0.25) is 9.48 Å². The standard InChI is InChI=1S/C18H17BrN4O3/c1-12(16(24)21-14-7-5-13(19)6-8-14)26-18(25)15-11-20-22(2)17(15)23-9-3-4-10-23/h3-12H,1-2H3,(H,21,24). The highest BCUT2D eigenvalue weighted by Crippen LogP contribution is 2.17. The second-order valence-corrected chi connectivity index (χ2v) is 6.56. The fourth-order valence-electron chi connectivity index (χ4n) is 2.41. The summed E-state index contributed by atoms with van der Waals surface area (Å²) >= 11 is 3.33. The van der Waals surface area contributed by atoms with E-state index in [1.54, 1.807) is 40.8 Å². The Labute approximate surface area is 158 Å². The summed E-state index contributed by atoms with van der Waals surface area (Å²) in [6.45, 7) is 1.53. The molecule has 2 heterocycles. The summed E-state index contributed by atoms with van der Waals surface area (Å²) in [4.78, 5) is 24.8. The second kappa shape index (κ2) is 7.57. The number of amides is 1. The van der Waals surface area contributed by atoms with Gasteiger partial charge >= 0.3 is 5.97 Å². The molecule has 0 saturated carbocycles. The van der Waals surface area contributed by atoms with Crippen molar-refractivity contribution in [2.45, 2.75) is 13.0 Å². The second-order valence-electron chi connectivity index (χ2n) is 5.64. The minimum Gasteiger partial charge on any atom is -0.449 e. The molecule has 1 aromatic carbocycles. The van der Waals surface area contributed by atoms with Gasteiger partial charge in [0.2, 0.25) is 0 Å². The van der Waals surface area contributed by atoms with E-state index in [0.29, 0.717) is 11.5 Å². The Balaban J connectivity index is 1.70. The van der Waals surface area contributed by atoms with Crippen LogP contribution in [-0.4, -0.2) is 32.3 Å². The largest absolute Gasteiger partial charge is 0.449 e. The number of nitrogens with zero attached hydrogens (tertiary/aromatic N) is 3. The number of aromatic nitrogens is 3. The maximum atomic E-state index is 12.5. The number of halogens is 1. The summed E-state index contributed by atoms with van der Waals surface area (Å²) in [6.07, 6.45) is 4.08. The first-order valence-electron chi connectivity index (χ1n) is 7.88. The van der Waals surface area contributed by atoms with E-state index in [9.17, 15) is 9.59 Å². The molecule has 0 fully saturated rings. The van der Waals surface area contributed by atoms with Gasteiger partial charge in [0.25, 0.3) is 5.91 Å². The van der Waals surface area contributed by atoms with Crippen LogP contribution in [0, 0.1) is 0 Å². The molecule has 0 aliphatic rings. The SMILES string of the molecule is CC(OC(=O)c1cnn(C)c1-n1cccc1)C(=O)Nc1ccc(Br)cc1. The highest BCUT2D eigenvalue weighted by atomic mass is 79.9. The first-order valence-corrected chi connectivity index (χ1v) is 8.68. The molecule has 0 aliphatic heterocycles. The van der Waals surface area contributed by atoms with Crippen molar-refractivity contribution >= 4 is 33.5 Å². The van der Waals surface area contributed by atoms with Crippen molar-refractivity contribution in [2.24, 2.45) is 7.05 Å². The molecule has 3 aromatic rings. The third-order valence-corrected chi connectivity index (χ3v) is 4.27. The number of hydrogen-bond acceptors (Lipinski definition) is 4. The highest BCUT2D eigenvalue weighted by Gasteiger charge is 2.23. The predicted molar refractivity (Wildman–Crippen MR) is 100 cm³/mol. The summed E-state index contributed by atoms with van der Waals surface area (Å²) < 4.78 is 9.56. The Hall–Kier alpha value is -2.87. The van der Waals surface area contributed by atoms with Crippen molar-refractivity contribution in [3.63, 3.8) is 0 Å². The minimum absolute atomic E-state index is 0.284. The Morgan fingerprint density at radius 3 is 2.50 bits per heavy atom. The molecule has 2 aromatic heterocycles. The number of rotatable bonds is 5. The number of esters is 1. The molecule has 26 heavy (non-hydrogen) atoms. The Morgan fingerprint density at radius 1 is 1.19 bits per heavy atom. The molecule has 1 unspecified atom stereocenters. The van der Waals surface area contributed by atoms with Crippen LogP contribution in [0.1, 0.15) is 17.3 Å². The van der Waals surface area contributed by atoms with Crippen LogP contribution >= 0.6 is 15.9 Å². The van der Waals surface area contributed by atoms with E-state index in [0.717, 1.165) is 4.47 Å². The Bertz CT molecular complexity index is 917. The van der Waals surface area contributed by atoms with Crippen molar-refractivity contribution in [1.82, 2.24) is 14.3 Å². The van der Waals surface area contributed by atoms with Crippen LogP contribution in [-0.2, 0) is 16.6 Å². The predicted octanol–water partition coefficient (Wildman–Crippen LogP) is 3.16. The zero-order chi connectivity index (χ0) is 18.7. The number of hydrogen-bond donors (Lipinski definition) is 1. The molecule has 134 valence electrons. The average Bonchev–Trinajstić information content (AvgIpc) is 3.25. The molecule has 0 saturated heterocycles. The highest BCUT2D eigenvalue weighted by molar-refractivity contribution is 9.10. The van der Waals surface area contributed by atoms with Gasteiger partial charge in [0, 0.05) is 29.6 Å².